The molecule has 1 atom stereocenters. The fourth-order valence-electron chi connectivity index (χ4n) is 1.65. The van der Waals surface area contributed by atoms with Gasteiger partial charge < -0.3 is 10.4 Å². The normalized spacial score (nSPS) is 12.4. The maximum atomic E-state index is 10.4. The van der Waals surface area contributed by atoms with E-state index >= 15 is 0 Å². The van der Waals surface area contributed by atoms with Crippen LogP contribution in [0.5, 0.6) is 0 Å². The van der Waals surface area contributed by atoms with E-state index in [2.05, 4.69) is 43.4 Å². The van der Waals surface area contributed by atoms with Crippen LogP contribution >= 0.6 is 0 Å². The third kappa shape index (κ3) is 4.03. The van der Waals surface area contributed by atoms with Crippen LogP contribution in [-0.2, 0) is 4.79 Å². The molecule has 3 heteroatoms. The number of hydrogen-bond donors (Lipinski definition) is 2. The van der Waals surface area contributed by atoms with Crippen molar-refractivity contribution in [2.24, 2.45) is 0 Å². The van der Waals surface area contributed by atoms with Crippen molar-refractivity contribution in [1.29, 1.82) is 0 Å². The van der Waals surface area contributed by atoms with Gasteiger partial charge in [-0.2, -0.15) is 0 Å². The van der Waals surface area contributed by atoms with Crippen LogP contribution in [0.15, 0.2) is 24.3 Å². The Morgan fingerprint density at radius 1 is 1.38 bits per heavy atom. The van der Waals surface area contributed by atoms with Crippen LogP contribution in [0.1, 0.15) is 36.9 Å². The van der Waals surface area contributed by atoms with E-state index in [-0.39, 0.29) is 12.5 Å². The standard InChI is InChI=1S/C13H19NO2/c1-3-12(14-9-8-13(15)16)11-6-4-10(2)5-7-11/h4-7,12,14H,3,8-9H2,1-2H3,(H,15,16). The minimum Gasteiger partial charge on any atom is -0.481 e. The molecule has 3 nitrogen and oxygen atoms in total. The zero-order valence-corrected chi connectivity index (χ0v) is 9.86. The van der Waals surface area contributed by atoms with E-state index in [0.717, 1.165) is 6.42 Å². The summed E-state index contributed by atoms with van der Waals surface area (Å²) in [4.78, 5) is 10.4. The molecule has 0 saturated carbocycles. The van der Waals surface area contributed by atoms with E-state index in [1.807, 2.05) is 0 Å². The molecule has 16 heavy (non-hydrogen) atoms. The van der Waals surface area contributed by atoms with Gasteiger partial charge in [0.05, 0.1) is 6.42 Å². The summed E-state index contributed by atoms with van der Waals surface area (Å²) in [5.41, 5.74) is 2.46. The second-order valence-electron chi connectivity index (χ2n) is 3.97. The average Bonchev–Trinajstić information content (AvgIpc) is 2.26. The molecule has 0 bridgehead atoms. The van der Waals surface area contributed by atoms with Gasteiger partial charge in [-0.25, -0.2) is 0 Å². The highest BCUT2D eigenvalue weighted by atomic mass is 16.4. The highest BCUT2D eigenvalue weighted by molar-refractivity contribution is 5.66. The lowest BCUT2D eigenvalue weighted by molar-refractivity contribution is -0.136. The van der Waals surface area contributed by atoms with Crippen LogP contribution in [-0.4, -0.2) is 17.6 Å². The molecule has 0 saturated heterocycles. The van der Waals surface area contributed by atoms with Crippen LogP contribution < -0.4 is 5.32 Å². The molecule has 1 aromatic rings. The summed E-state index contributed by atoms with van der Waals surface area (Å²) in [5, 5.41) is 11.8. The first-order valence-electron chi connectivity index (χ1n) is 5.65. The van der Waals surface area contributed by atoms with Crippen LogP contribution in [0.2, 0.25) is 0 Å². The molecular weight excluding hydrogens is 202 g/mol. The van der Waals surface area contributed by atoms with E-state index in [1.54, 1.807) is 0 Å². The Balaban J connectivity index is 2.53. The smallest absolute Gasteiger partial charge is 0.304 e. The van der Waals surface area contributed by atoms with Crippen LogP contribution in [0.3, 0.4) is 0 Å². The molecule has 0 aliphatic rings. The van der Waals surface area contributed by atoms with E-state index in [0.29, 0.717) is 6.54 Å². The number of carboxylic acid groups (broad SMARTS) is 1. The topological polar surface area (TPSA) is 49.3 Å². The van der Waals surface area contributed by atoms with Gasteiger partial charge in [-0.15, -0.1) is 0 Å². The zero-order valence-electron chi connectivity index (χ0n) is 9.86. The highest BCUT2D eigenvalue weighted by Crippen LogP contribution is 2.16. The molecule has 0 amide bonds. The maximum absolute atomic E-state index is 10.4. The number of nitrogens with one attached hydrogen (secondary N) is 1. The van der Waals surface area contributed by atoms with Gasteiger partial charge in [-0.3, -0.25) is 4.79 Å². The Kier molecular flexibility index (Phi) is 4.99. The molecule has 0 radical (unpaired) electrons. The number of rotatable bonds is 6. The number of carbonyl (C=O) groups is 1. The predicted octanol–water partition coefficient (Wildman–Crippen LogP) is 2.51. The van der Waals surface area contributed by atoms with Gasteiger partial charge in [0, 0.05) is 12.6 Å². The van der Waals surface area contributed by atoms with Crippen molar-refractivity contribution < 1.29 is 9.90 Å². The Morgan fingerprint density at radius 3 is 2.50 bits per heavy atom. The number of aliphatic carboxylic acids is 1. The monoisotopic (exact) mass is 221 g/mol. The second kappa shape index (κ2) is 6.28. The van der Waals surface area contributed by atoms with Gasteiger partial charge in [0.1, 0.15) is 0 Å². The van der Waals surface area contributed by atoms with Crippen LogP contribution in [0.4, 0.5) is 0 Å². The van der Waals surface area contributed by atoms with E-state index in [1.165, 1.54) is 11.1 Å². The lowest BCUT2D eigenvalue weighted by atomic mass is 10.0. The minimum absolute atomic E-state index is 0.169. The van der Waals surface area contributed by atoms with E-state index in [4.69, 9.17) is 5.11 Å². The summed E-state index contributed by atoms with van der Waals surface area (Å²) >= 11 is 0. The fourth-order valence-corrected chi connectivity index (χ4v) is 1.65. The summed E-state index contributed by atoms with van der Waals surface area (Å²) in [6, 6.07) is 8.60. The largest absolute Gasteiger partial charge is 0.481 e. The molecule has 0 fully saturated rings. The molecule has 0 heterocycles. The summed E-state index contributed by atoms with van der Waals surface area (Å²) in [6.07, 6.45) is 1.13. The summed E-state index contributed by atoms with van der Waals surface area (Å²) in [7, 11) is 0. The molecule has 0 aliphatic heterocycles. The van der Waals surface area contributed by atoms with Gasteiger partial charge >= 0.3 is 5.97 Å². The van der Waals surface area contributed by atoms with Gasteiger partial charge in [0.25, 0.3) is 0 Å². The Bertz CT molecular complexity index is 332. The van der Waals surface area contributed by atoms with Crippen molar-refractivity contribution in [3.8, 4) is 0 Å². The Hall–Kier alpha value is -1.35. The first kappa shape index (κ1) is 12.7. The van der Waals surface area contributed by atoms with Crippen LogP contribution in [0, 0.1) is 6.92 Å². The second-order valence-corrected chi connectivity index (χ2v) is 3.97. The first-order chi connectivity index (χ1) is 7.63. The molecule has 0 spiro atoms. The summed E-state index contributed by atoms with van der Waals surface area (Å²) in [5.74, 6) is -0.758. The third-order valence-corrected chi connectivity index (χ3v) is 2.62. The molecular formula is C13H19NO2. The van der Waals surface area contributed by atoms with Crippen molar-refractivity contribution in [2.75, 3.05) is 6.54 Å². The van der Waals surface area contributed by atoms with Crippen molar-refractivity contribution in [3.63, 3.8) is 0 Å². The van der Waals surface area contributed by atoms with Gasteiger partial charge in [0.15, 0.2) is 0 Å². The molecule has 1 rings (SSSR count). The SMILES string of the molecule is CCC(NCCC(=O)O)c1ccc(C)cc1. The predicted molar refractivity (Wildman–Crippen MR) is 64.5 cm³/mol. The average molecular weight is 221 g/mol. The number of aryl methyl sites for hydroxylation is 1. The molecule has 88 valence electrons. The lowest BCUT2D eigenvalue weighted by Crippen LogP contribution is -2.23. The number of carboxylic acids is 1. The van der Waals surface area contributed by atoms with Crippen LogP contribution in [0.25, 0.3) is 0 Å². The Labute approximate surface area is 96.5 Å². The summed E-state index contributed by atoms with van der Waals surface area (Å²) in [6.45, 7) is 4.67. The van der Waals surface area contributed by atoms with Gasteiger partial charge in [-0.1, -0.05) is 36.8 Å². The van der Waals surface area contributed by atoms with Crippen molar-refractivity contribution in [1.82, 2.24) is 5.32 Å². The zero-order chi connectivity index (χ0) is 12.0. The lowest BCUT2D eigenvalue weighted by Gasteiger charge is -2.17. The Morgan fingerprint density at radius 2 is 2.00 bits per heavy atom. The fraction of sp³-hybridized carbons (Fsp3) is 0.462. The van der Waals surface area contributed by atoms with Gasteiger partial charge in [0.2, 0.25) is 0 Å². The summed E-state index contributed by atoms with van der Waals surface area (Å²) < 4.78 is 0. The minimum atomic E-state index is -0.758. The molecule has 1 aromatic carbocycles. The number of hydrogen-bond acceptors (Lipinski definition) is 2. The van der Waals surface area contributed by atoms with E-state index < -0.39 is 5.97 Å². The van der Waals surface area contributed by atoms with Crippen molar-refractivity contribution in [2.45, 2.75) is 32.7 Å². The first-order valence-corrected chi connectivity index (χ1v) is 5.65. The van der Waals surface area contributed by atoms with Crippen molar-refractivity contribution in [3.05, 3.63) is 35.4 Å². The molecule has 2 N–H and O–H groups in total. The van der Waals surface area contributed by atoms with Gasteiger partial charge in [-0.05, 0) is 18.9 Å². The number of benzene rings is 1. The highest BCUT2D eigenvalue weighted by Gasteiger charge is 2.08. The molecule has 0 aliphatic carbocycles. The molecule has 1 unspecified atom stereocenters. The van der Waals surface area contributed by atoms with E-state index in [9.17, 15) is 4.79 Å². The molecule has 0 aromatic heterocycles. The maximum Gasteiger partial charge on any atom is 0.304 e. The third-order valence-electron chi connectivity index (χ3n) is 2.62. The van der Waals surface area contributed by atoms with Crippen molar-refractivity contribution >= 4 is 5.97 Å². The quantitative estimate of drug-likeness (QED) is 0.776.